The van der Waals surface area contributed by atoms with Gasteiger partial charge in [0.25, 0.3) is 0 Å². The van der Waals surface area contributed by atoms with E-state index in [2.05, 4.69) is 21.3 Å². The molecule has 286 valence electrons. The molecular weight excluding hydrogens is 658 g/mol. The van der Waals surface area contributed by atoms with E-state index in [9.17, 15) is 29.1 Å². The van der Waals surface area contributed by atoms with Crippen molar-refractivity contribution in [3.8, 4) is 11.5 Å². The van der Waals surface area contributed by atoms with E-state index in [0.29, 0.717) is 23.5 Å². The molecule has 1 aromatic rings. The number of nitrogens with one attached hydrogen (secondary N) is 4. The normalized spacial score (nSPS) is 20.6. The van der Waals surface area contributed by atoms with Crippen molar-refractivity contribution in [2.75, 3.05) is 20.8 Å². The van der Waals surface area contributed by atoms with Gasteiger partial charge in [-0.25, -0.2) is 9.59 Å². The molecule has 51 heavy (non-hydrogen) atoms. The van der Waals surface area contributed by atoms with Gasteiger partial charge in [-0.2, -0.15) is 0 Å². The highest BCUT2D eigenvalue weighted by atomic mass is 16.6. The highest BCUT2D eigenvalue weighted by Crippen LogP contribution is 2.28. The molecule has 0 aliphatic carbocycles. The van der Waals surface area contributed by atoms with Crippen LogP contribution in [0.15, 0.2) is 30.4 Å². The van der Waals surface area contributed by atoms with Gasteiger partial charge in [0.1, 0.15) is 35.2 Å². The van der Waals surface area contributed by atoms with Gasteiger partial charge in [-0.15, -0.1) is 0 Å². The van der Waals surface area contributed by atoms with Crippen LogP contribution in [0.2, 0.25) is 0 Å². The molecule has 5 amide bonds. The Morgan fingerprint density at radius 1 is 0.980 bits per heavy atom. The minimum atomic E-state index is -1.20. The van der Waals surface area contributed by atoms with Crippen LogP contribution in [0.25, 0.3) is 0 Å². The first-order valence-corrected chi connectivity index (χ1v) is 17.5. The van der Waals surface area contributed by atoms with Crippen LogP contribution in [0.4, 0.5) is 4.79 Å². The Labute approximate surface area is 302 Å². The van der Waals surface area contributed by atoms with Crippen molar-refractivity contribution < 1.29 is 43.3 Å². The van der Waals surface area contributed by atoms with Gasteiger partial charge in [0.2, 0.25) is 17.7 Å². The lowest BCUT2D eigenvalue weighted by Gasteiger charge is -2.36. The van der Waals surface area contributed by atoms with E-state index in [4.69, 9.17) is 14.2 Å². The molecule has 14 nitrogen and oxygen atoms in total. The number of methoxy groups -OCH3 is 2. The summed E-state index contributed by atoms with van der Waals surface area (Å²) in [7, 11) is 3.00. The van der Waals surface area contributed by atoms with Crippen LogP contribution in [0.3, 0.4) is 0 Å². The summed E-state index contributed by atoms with van der Waals surface area (Å²) in [6.45, 7) is 16.0. The number of carbonyl (C=O) groups excluding carboxylic acids is 5. The molecule has 1 aliphatic rings. The number of rotatable bonds is 12. The molecule has 5 unspecified atom stereocenters. The third-order valence-electron chi connectivity index (χ3n) is 8.34. The van der Waals surface area contributed by atoms with Crippen molar-refractivity contribution in [2.24, 2.45) is 17.8 Å². The number of carbonyl (C=O) groups is 5. The van der Waals surface area contributed by atoms with Crippen LogP contribution in [0.5, 0.6) is 11.5 Å². The maximum absolute atomic E-state index is 14.7. The first-order chi connectivity index (χ1) is 23.8. The number of nitrogens with zero attached hydrogens (tertiary/aromatic N) is 1. The summed E-state index contributed by atoms with van der Waals surface area (Å²) >= 11 is 0. The van der Waals surface area contributed by atoms with E-state index in [-0.39, 0.29) is 37.3 Å². The minimum Gasteiger partial charge on any atom is -0.497 e. The van der Waals surface area contributed by atoms with Crippen molar-refractivity contribution in [3.63, 3.8) is 0 Å². The zero-order valence-electron chi connectivity index (χ0n) is 32.0. The Kier molecular flexibility index (Phi) is 16.2. The molecule has 0 spiro atoms. The minimum absolute atomic E-state index is 0.112. The largest absolute Gasteiger partial charge is 0.497 e. The molecule has 2 rings (SSSR count). The van der Waals surface area contributed by atoms with E-state index in [1.165, 1.54) is 19.1 Å². The van der Waals surface area contributed by atoms with Crippen LogP contribution >= 0.6 is 0 Å². The average Bonchev–Trinajstić information content (AvgIpc) is 3.03. The van der Waals surface area contributed by atoms with Gasteiger partial charge >= 0.3 is 12.0 Å². The summed E-state index contributed by atoms with van der Waals surface area (Å²) < 4.78 is 16.5. The van der Waals surface area contributed by atoms with Crippen molar-refractivity contribution in [3.05, 3.63) is 35.9 Å². The number of amides is 5. The molecule has 1 aliphatic heterocycles. The highest BCUT2D eigenvalue weighted by molar-refractivity contribution is 5.94. The predicted molar refractivity (Wildman–Crippen MR) is 193 cm³/mol. The fourth-order valence-corrected chi connectivity index (χ4v) is 5.56. The lowest BCUT2D eigenvalue weighted by Crippen LogP contribution is -2.60. The molecule has 5 atom stereocenters. The monoisotopic (exact) mass is 717 g/mol. The van der Waals surface area contributed by atoms with Crippen molar-refractivity contribution in [2.45, 2.75) is 118 Å². The molecule has 1 heterocycles. The number of urea groups is 1. The quantitative estimate of drug-likeness (QED) is 0.160. The van der Waals surface area contributed by atoms with Crippen LogP contribution in [-0.2, 0) is 30.5 Å². The second-order valence-electron chi connectivity index (χ2n) is 14.8. The van der Waals surface area contributed by atoms with Crippen molar-refractivity contribution in [1.82, 2.24) is 26.2 Å². The second-order valence-corrected chi connectivity index (χ2v) is 14.8. The summed E-state index contributed by atoms with van der Waals surface area (Å²) in [6.07, 6.45) is 2.24. The van der Waals surface area contributed by atoms with E-state index in [0.717, 1.165) is 0 Å². The van der Waals surface area contributed by atoms with Crippen LogP contribution < -0.4 is 30.7 Å². The number of aliphatic hydroxyl groups is 1. The Balaban J connectivity index is 2.63. The van der Waals surface area contributed by atoms with E-state index >= 15 is 0 Å². The van der Waals surface area contributed by atoms with E-state index < -0.39 is 65.6 Å². The van der Waals surface area contributed by atoms with E-state index in [1.54, 1.807) is 78.8 Å². The Morgan fingerprint density at radius 3 is 2.16 bits per heavy atom. The van der Waals surface area contributed by atoms with Crippen molar-refractivity contribution in [1.29, 1.82) is 0 Å². The average molecular weight is 718 g/mol. The van der Waals surface area contributed by atoms with E-state index in [1.807, 2.05) is 13.8 Å². The maximum atomic E-state index is 14.7. The molecular formula is C37H59N5O9. The molecule has 5 N–H and O–H groups in total. The zero-order valence-corrected chi connectivity index (χ0v) is 32.0. The van der Waals surface area contributed by atoms with Crippen LogP contribution in [-0.4, -0.2) is 96.4 Å². The molecule has 0 radical (unpaired) electrons. The number of benzene rings is 1. The topological polar surface area (TPSA) is 185 Å². The van der Waals surface area contributed by atoms with Crippen LogP contribution in [0.1, 0.15) is 80.7 Å². The number of ether oxygens (including phenoxy) is 3. The Bertz CT molecular complexity index is 1390. The summed E-state index contributed by atoms with van der Waals surface area (Å²) in [5.41, 5.74) is -0.219. The molecule has 14 heteroatoms. The third-order valence-corrected chi connectivity index (χ3v) is 8.34. The Morgan fingerprint density at radius 2 is 1.61 bits per heavy atom. The Hall–Kier alpha value is -4.33. The maximum Gasteiger partial charge on any atom is 0.329 e. The smallest absolute Gasteiger partial charge is 0.329 e. The highest BCUT2D eigenvalue weighted by Gasteiger charge is 2.38. The number of hydrogen-bond donors (Lipinski definition) is 5. The number of esters is 1. The molecule has 0 bridgehead atoms. The molecule has 0 aromatic heterocycles. The first kappa shape index (κ1) is 42.8. The molecule has 0 saturated heterocycles. The van der Waals surface area contributed by atoms with Crippen molar-refractivity contribution >= 4 is 29.7 Å². The molecule has 0 fully saturated rings. The van der Waals surface area contributed by atoms with Crippen LogP contribution in [0, 0.1) is 17.8 Å². The standard InChI is InChI=1S/C37H59N5O9/c1-21(2)30-27(43)19-29(44)38-17-13-12-14-26(33(45)39-30)42(20-24-15-16-25(49-10)18-28(24)50-11)34(46)31(22(3)4)40-36(48)41-32(23(5)6)35(47)51-37(7,8)9/h12,14-16,18,21-23,26-27,30-32,43H,13,17,19-20H2,1-11H3,(H,38,44)(H,39,45)(H2,40,41,48)/b14-12+. The van der Waals surface area contributed by atoms with Gasteiger partial charge in [-0.3, -0.25) is 14.4 Å². The predicted octanol–water partition coefficient (Wildman–Crippen LogP) is 3.06. The summed E-state index contributed by atoms with van der Waals surface area (Å²) in [5, 5.41) is 22.1. The lowest BCUT2D eigenvalue weighted by molar-refractivity contribution is -0.158. The first-order valence-electron chi connectivity index (χ1n) is 17.5. The fraction of sp³-hybridized carbons (Fsp3) is 0.649. The zero-order chi connectivity index (χ0) is 38.6. The summed E-state index contributed by atoms with van der Waals surface area (Å²) in [6, 6.07) is 0.188. The van der Waals surface area contributed by atoms with Gasteiger partial charge in [-0.05, 0) is 57.1 Å². The lowest BCUT2D eigenvalue weighted by atomic mass is 9.95. The SMILES string of the molecule is COc1ccc(CN(C(=O)C(NC(=O)NC(C(=O)OC(C)(C)C)C(C)C)C(C)C)C2/C=C/CCNC(=O)CC(O)C(C(C)C)NC2=O)c(OC)c1. The third kappa shape index (κ3) is 13.1. The number of hydrogen-bond acceptors (Lipinski definition) is 9. The van der Waals surface area contributed by atoms with Gasteiger partial charge in [0.05, 0.1) is 39.3 Å². The second kappa shape index (κ2) is 19.3. The van der Waals surface area contributed by atoms with Gasteiger partial charge in [0.15, 0.2) is 0 Å². The van der Waals surface area contributed by atoms with Gasteiger partial charge < -0.3 is 45.5 Å². The van der Waals surface area contributed by atoms with Gasteiger partial charge in [0, 0.05) is 18.2 Å². The summed E-state index contributed by atoms with van der Waals surface area (Å²) in [4.78, 5) is 69.2. The number of aliphatic hydroxyl groups excluding tert-OH is 1. The van der Waals surface area contributed by atoms with Gasteiger partial charge in [-0.1, -0.05) is 53.7 Å². The fourth-order valence-electron chi connectivity index (χ4n) is 5.56. The molecule has 1 aromatic carbocycles. The summed E-state index contributed by atoms with van der Waals surface area (Å²) in [5.74, 6) is -2.22. The molecule has 0 saturated carbocycles.